The first kappa shape index (κ1) is 14.2. The van der Waals surface area contributed by atoms with Crippen LogP contribution in [0.5, 0.6) is 0 Å². The van der Waals surface area contributed by atoms with E-state index in [1.807, 2.05) is 19.1 Å². The number of nitrogens with one attached hydrogen (secondary N) is 2. The van der Waals surface area contributed by atoms with E-state index >= 15 is 0 Å². The molecule has 4 heteroatoms. The number of likely N-dealkylation sites (N-methyl/N-ethyl adjacent to an activating group) is 1. The lowest BCUT2D eigenvalue weighted by molar-refractivity contribution is -0.120. The highest BCUT2D eigenvalue weighted by Crippen LogP contribution is 2.12. The first-order chi connectivity index (χ1) is 8.11. The van der Waals surface area contributed by atoms with Crippen LogP contribution >= 0.6 is 15.9 Å². The number of amides is 1. The molecule has 0 fully saturated rings. The van der Waals surface area contributed by atoms with Crippen molar-refractivity contribution in [3.05, 3.63) is 34.3 Å². The van der Waals surface area contributed by atoms with Gasteiger partial charge < -0.3 is 10.6 Å². The predicted molar refractivity (Wildman–Crippen MR) is 74.0 cm³/mol. The molecule has 1 rings (SSSR count). The van der Waals surface area contributed by atoms with Gasteiger partial charge in [0.05, 0.1) is 6.54 Å². The summed E-state index contributed by atoms with van der Waals surface area (Å²) in [5.41, 5.74) is 1.29. The van der Waals surface area contributed by atoms with Gasteiger partial charge in [0, 0.05) is 10.5 Å². The molecule has 2 N–H and O–H groups in total. The summed E-state index contributed by atoms with van der Waals surface area (Å²) in [4.78, 5) is 11.3. The van der Waals surface area contributed by atoms with Gasteiger partial charge in [-0.25, -0.2) is 0 Å². The number of carbonyl (C=O) groups is 1. The van der Waals surface area contributed by atoms with Gasteiger partial charge in [-0.2, -0.15) is 0 Å². The minimum atomic E-state index is 0.0517. The Morgan fingerprint density at radius 1 is 1.35 bits per heavy atom. The Morgan fingerprint density at radius 2 is 2.00 bits per heavy atom. The molecular weight excluding hydrogens is 280 g/mol. The first-order valence-corrected chi connectivity index (χ1v) is 6.59. The van der Waals surface area contributed by atoms with Gasteiger partial charge in [0.1, 0.15) is 0 Å². The highest BCUT2D eigenvalue weighted by Gasteiger charge is 2.06. The molecular formula is C13H19BrN2O. The zero-order valence-corrected chi connectivity index (χ0v) is 11.9. The molecule has 94 valence electrons. The number of hydrogen-bond acceptors (Lipinski definition) is 2. The second-order valence-electron chi connectivity index (χ2n) is 4.16. The van der Waals surface area contributed by atoms with Gasteiger partial charge in [-0.05, 0) is 44.5 Å². The molecule has 1 aromatic carbocycles. The molecule has 3 nitrogen and oxygen atoms in total. The topological polar surface area (TPSA) is 41.1 Å². The van der Waals surface area contributed by atoms with Crippen LogP contribution in [-0.2, 0) is 11.2 Å². The fourth-order valence-corrected chi connectivity index (χ4v) is 1.86. The van der Waals surface area contributed by atoms with Crippen LogP contribution in [0.4, 0.5) is 0 Å². The molecule has 17 heavy (non-hydrogen) atoms. The summed E-state index contributed by atoms with van der Waals surface area (Å²) in [6.07, 6.45) is 1.94. The largest absolute Gasteiger partial charge is 0.353 e. The predicted octanol–water partition coefficient (Wildman–Crippen LogP) is 2.11. The maximum Gasteiger partial charge on any atom is 0.234 e. The summed E-state index contributed by atoms with van der Waals surface area (Å²) in [5, 5.41) is 5.79. The molecule has 0 spiro atoms. The zero-order chi connectivity index (χ0) is 12.7. The van der Waals surface area contributed by atoms with Crippen molar-refractivity contribution >= 4 is 21.8 Å². The Balaban J connectivity index is 2.30. The van der Waals surface area contributed by atoms with E-state index in [0.717, 1.165) is 17.3 Å². The van der Waals surface area contributed by atoms with E-state index in [1.165, 1.54) is 5.56 Å². The number of carbonyl (C=O) groups excluding carboxylic acids is 1. The first-order valence-electron chi connectivity index (χ1n) is 5.80. The van der Waals surface area contributed by atoms with E-state index in [2.05, 4.69) is 38.7 Å². The molecule has 1 atom stereocenters. The maximum absolute atomic E-state index is 11.3. The lowest BCUT2D eigenvalue weighted by Gasteiger charge is -2.13. The van der Waals surface area contributed by atoms with E-state index in [9.17, 15) is 4.79 Å². The van der Waals surface area contributed by atoms with Gasteiger partial charge in [0.25, 0.3) is 0 Å². The van der Waals surface area contributed by atoms with Gasteiger partial charge >= 0.3 is 0 Å². The molecule has 1 amide bonds. The standard InChI is InChI=1S/C13H19BrN2O/c1-10(16-13(17)9-15-2)3-4-11-5-7-12(14)8-6-11/h5-8,10,15H,3-4,9H2,1-2H3,(H,16,17). The van der Waals surface area contributed by atoms with Crippen LogP contribution < -0.4 is 10.6 Å². The molecule has 0 radical (unpaired) electrons. The van der Waals surface area contributed by atoms with Gasteiger partial charge in [-0.1, -0.05) is 28.1 Å². The van der Waals surface area contributed by atoms with Crippen LogP contribution in [0.2, 0.25) is 0 Å². The number of rotatable bonds is 6. The van der Waals surface area contributed by atoms with Crippen molar-refractivity contribution in [2.75, 3.05) is 13.6 Å². The molecule has 0 heterocycles. The quantitative estimate of drug-likeness (QED) is 0.844. The fourth-order valence-electron chi connectivity index (χ4n) is 1.59. The number of hydrogen-bond donors (Lipinski definition) is 2. The van der Waals surface area contributed by atoms with Crippen molar-refractivity contribution in [3.8, 4) is 0 Å². The van der Waals surface area contributed by atoms with E-state index in [1.54, 1.807) is 7.05 Å². The summed E-state index contributed by atoms with van der Waals surface area (Å²) in [5.74, 6) is 0.0517. The van der Waals surface area contributed by atoms with Crippen LogP contribution in [0.15, 0.2) is 28.7 Å². The lowest BCUT2D eigenvalue weighted by atomic mass is 10.1. The third-order valence-electron chi connectivity index (χ3n) is 2.52. The summed E-state index contributed by atoms with van der Waals surface area (Å²) in [7, 11) is 1.77. The second kappa shape index (κ2) is 7.45. The van der Waals surface area contributed by atoms with Crippen molar-refractivity contribution in [2.24, 2.45) is 0 Å². The molecule has 0 bridgehead atoms. The van der Waals surface area contributed by atoms with Gasteiger partial charge in [0.15, 0.2) is 0 Å². The van der Waals surface area contributed by atoms with E-state index in [0.29, 0.717) is 6.54 Å². The molecule has 1 unspecified atom stereocenters. The van der Waals surface area contributed by atoms with Crippen molar-refractivity contribution in [1.29, 1.82) is 0 Å². The van der Waals surface area contributed by atoms with E-state index < -0.39 is 0 Å². The summed E-state index contributed by atoms with van der Waals surface area (Å²) < 4.78 is 1.09. The highest BCUT2D eigenvalue weighted by molar-refractivity contribution is 9.10. The zero-order valence-electron chi connectivity index (χ0n) is 10.3. The Labute approximate surface area is 111 Å². The van der Waals surface area contributed by atoms with Gasteiger partial charge in [-0.3, -0.25) is 4.79 Å². The van der Waals surface area contributed by atoms with Crippen LogP contribution in [0.3, 0.4) is 0 Å². The highest BCUT2D eigenvalue weighted by atomic mass is 79.9. The number of halogens is 1. The van der Waals surface area contributed by atoms with E-state index in [4.69, 9.17) is 0 Å². The summed E-state index contributed by atoms with van der Waals surface area (Å²) in [6, 6.07) is 8.50. The SMILES string of the molecule is CNCC(=O)NC(C)CCc1ccc(Br)cc1. The normalized spacial score (nSPS) is 12.2. The Hall–Kier alpha value is -0.870. The van der Waals surface area contributed by atoms with Crippen LogP contribution in [0.25, 0.3) is 0 Å². The molecule has 0 saturated carbocycles. The lowest BCUT2D eigenvalue weighted by Crippen LogP contribution is -2.38. The summed E-state index contributed by atoms with van der Waals surface area (Å²) >= 11 is 3.41. The van der Waals surface area contributed by atoms with Crippen LogP contribution in [0, 0.1) is 0 Å². The monoisotopic (exact) mass is 298 g/mol. The third kappa shape index (κ3) is 5.84. The van der Waals surface area contributed by atoms with Crippen molar-refractivity contribution in [1.82, 2.24) is 10.6 Å². The van der Waals surface area contributed by atoms with Crippen molar-refractivity contribution in [3.63, 3.8) is 0 Å². The fraction of sp³-hybridized carbons (Fsp3) is 0.462. The molecule has 1 aromatic rings. The number of benzene rings is 1. The van der Waals surface area contributed by atoms with Crippen molar-refractivity contribution < 1.29 is 4.79 Å². The van der Waals surface area contributed by atoms with Crippen molar-refractivity contribution in [2.45, 2.75) is 25.8 Å². The molecule has 0 aliphatic carbocycles. The van der Waals surface area contributed by atoms with Gasteiger partial charge in [0.2, 0.25) is 5.91 Å². The Bertz CT molecular complexity index is 351. The number of aryl methyl sites for hydroxylation is 1. The molecule has 0 saturated heterocycles. The van der Waals surface area contributed by atoms with E-state index in [-0.39, 0.29) is 11.9 Å². The molecule has 0 aliphatic rings. The van der Waals surface area contributed by atoms with Crippen LogP contribution in [-0.4, -0.2) is 25.5 Å². The minimum absolute atomic E-state index is 0.0517. The average Bonchev–Trinajstić information content (AvgIpc) is 2.28. The average molecular weight is 299 g/mol. The molecule has 0 aliphatic heterocycles. The second-order valence-corrected chi connectivity index (χ2v) is 5.08. The Kier molecular flexibility index (Phi) is 6.22. The Morgan fingerprint density at radius 3 is 2.59 bits per heavy atom. The maximum atomic E-state index is 11.3. The third-order valence-corrected chi connectivity index (χ3v) is 3.05. The van der Waals surface area contributed by atoms with Crippen LogP contribution in [0.1, 0.15) is 18.9 Å². The molecule has 0 aromatic heterocycles. The smallest absolute Gasteiger partial charge is 0.234 e. The van der Waals surface area contributed by atoms with Gasteiger partial charge in [-0.15, -0.1) is 0 Å². The summed E-state index contributed by atoms with van der Waals surface area (Å²) in [6.45, 7) is 2.41. The minimum Gasteiger partial charge on any atom is -0.353 e.